The molecule has 0 radical (unpaired) electrons. The molecule has 0 fully saturated rings. The van der Waals surface area contributed by atoms with E-state index in [1.807, 2.05) is 31.2 Å². The molecule has 0 unspecified atom stereocenters. The Labute approximate surface area is 128 Å². The molecule has 0 saturated heterocycles. The predicted molar refractivity (Wildman–Crippen MR) is 85.4 cm³/mol. The van der Waals surface area contributed by atoms with Gasteiger partial charge in [0.05, 0.1) is 13.5 Å². The van der Waals surface area contributed by atoms with Crippen molar-refractivity contribution >= 4 is 28.9 Å². The molecule has 0 aliphatic heterocycles. The molecule has 21 heavy (non-hydrogen) atoms. The van der Waals surface area contributed by atoms with E-state index in [2.05, 4.69) is 5.32 Å². The number of methoxy groups -OCH3 is 1. The zero-order valence-electron chi connectivity index (χ0n) is 11.9. The van der Waals surface area contributed by atoms with Crippen LogP contribution in [0.4, 0.5) is 11.4 Å². The summed E-state index contributed by atoms with van der Waals surface area (Å²) < 4.78 is 5.33. The van der Waals surface area contributed by atoms with Crippen molar-refractivity contribution in [2.75, 3.05) is 12.4 Å². The maximum Gasteiger partial charge on any atom is 0.222 e. The number of benzene rings is 2. The minimum Gasteiger partial charge on any atom is -0.496 e. The summed E-state index contributed by atoms with van der Waals surface area (Å²) in [5.41, 5.74) is 8.80. The van der Waals surface area contributed by atoms with Crippen LogP contribution >= 0.6 is 11.6 Å². The SMILES string of the molecule is COc1ccc(C)c(Nc2ccc(Cl)cc2)c1CC(N)=O. The van der Waals surface area contributed by atoms with Crippen LogP contribution in [0.15, 0.2) is 36.4 Å². The van der Waals surface area contributed by atoms with Crippen LogP contribution in [0.1, 0.15) is 11.1 Å². The van der Waals surface area contributed by atoms with E-state index in [1.165, 1.54) is 0 Å². The molecule has 0 aliphatic carbocycles. The van der Waals surface area contributed by atoms with Crippen molar-refractivity contribution in [1.29, 1.82) is 0 Å². The first kappa shape index (κ1) is 15.2. The molecule has 2 aromatic carbocycles. The van der Waals surface area contributed by atoms with Gasteiger partial charge in [-0.2, -0.15) is 0 Å². The van der Waals surface area contributed by atoms with Crippen LogP contribution in [0.2, 0.25) is 5.02 Å². The summed E-state index contributed by atoms with van der Waals surface area (Å²) >= 11 is 5.88. The van der Waals surface area contributed by atoms with Gasteiger partial charge in [0.25, 0.3) is 0 Å². The maximum atomic E-state index is 11.3. The van der Waals surface area contributed by atoms with Gasteiger partial charge in [-0.3, -0.25) is 4.79 Å². The van der Waals surface area contributed by atoms with Crippen LogP contribution in [0.5, 0.6) is 5.75 Å². The molecule has 5 heteroatoms. The molecule has 0 spiro atoms. The number of ether oxygens (including phenoxy) is 1. The van der Waals surface area contributed by atoms with E-state index in [-0.39, 0.29) is 6.42 Å². The molecular formula is C16H17ClN2O2. The third-order valence-electron chi connectivity index (χ3n) is 3.16. The first-order chi connectivity index (χ1) is 10.0. The Balaban J connectivity index is 2.44. The monoisotopic (exact) mass is 304 g/mol. The Kier molecular flexibility index (Phi) is 4.70. The van der Waals surface area contributed by atoms with Crippen LogP contribution in [0.25, 0.3) is 0 Å². The number of carbonyl (C=O) groups is 1. The lowest BCUT2D eigenvalue weighted by molar-refractivity contribution is -0.117. The topological polar surface area (TPSA) is 64.3 Å². The lowest BCUT2D eigenvalue weighted by Crippen LogP contribution is -2.16. The Hall–Kier alpha value is -2.20. The largest absolute Gasteiger partial charge is 0.496 e. The Bertz CT molecular complexity index is 654. The number of hydrogen-bond donors (Lipinski definition) is 2. The number of rotatable bonds is 5. The van der Waals surface area contributed by atoms with Crippen molar-refractivity contribution in [3.8, 4) is 5.75 Å². The van der Waals surface area contributed by atoms with Gasteiger partial charge in [0.1, 0.15) is 5.75 Å². The number of primary amides is 1. The molecule has 0 atom stereocenters. The minimum absolute atomic E-state index is 0.112. The smallest absolute Gasteiger partial charge is 0.222 e. The van der Waals surface area contributed by atoms with Crippen molar-refractivity contribution in [3.05, 3.63) is 52.5 Å². The fourth-order valence-electron chi connectivity index (χ4n) is 2.14. The van der Waals surface area contributed by atoms with E-state index in [4.69, 9.17) is 22.1 Å². The van der Waals surface area contributed by atoms with Crippen LogP contribution in [0, 0.1) is 6.92 Å². The third kappa shape index (κ3) is 3.67. The lowest BCUT2D eigenvalue weighted by Gasteiger charge is -2.17. The van der Waals surface area contributed by atoms with Crippen molar-refractivity contribution < 1.29 is 9.53 Å². The molecule has 0 bridgehead atoms. The number of nitrogens with two attached hydrogens (primary N) is 1. The van der Waals surface area contributed by atoms with Gasteiger partial charge in [-0.15, -0.1) is 0 Å². The second kappa shape index (κ2) is 6.50. The molecule has 2 rings (SSSR count). The minimum atomic E-state index is -0.405. The molecule has 0 heterocycles. The fraction of sp³-hybridized carbons (Fsp3) is 0.188. The molecule has 0 saturated carbocycles. The van der Waals surface area contributed by atoms with Crippen molar-refractivity contribution in [2.45, 2.75) is 13.3 Å². The summed E-state index contributed by atoms with van der Waals surface area (Å²) in [6.07, 6.45) is 0.112. The standard InChI is InChI=1S/C16H17ClN2O2/c1-10-3-8-14(21-2)13(9-15(18)20)16(10)19-12-6-4-11(17)5-7-12/h3-8,19H,9H2,1-2H3,(H2,18,20). The summed E-state index contributed by atoms with van der Waals surface area (Å²) in [4.78, 5) is 11.3. The molecule has 110 valence electrons. The first-order valence-corrected chi connectivity index (χ1v) is 6.86. The molecule has 1 amide bonds. The number of hydrogen-bond acceptors (Lipinski definition) is 3. The van der Waals surface area contributed by atoms with E-state index in [9.17, 15) is 4.79 Å². The summed E-state index contributed by atoms with van der Waals surface area (Å²) in [6.45, 7) is 1.96. The molecule has 0 aliphatic rings. The summed E-state index contributed by atoms with van der Waals surface area (Å²) in [6, 6.07) is 11.1. The third-order valence-corrected chi connectivity index (χ3v) is 3.41. The zero-order valence-corrected chi connectivity index (χ0v) is 12.7. The van der Waals surface area contributed by atoms with Gasteiger partial charge in [0.2, 0.25) is 5.91 Å². The number of carbonyl (C=O) groups excluding carboxylic acids is 1. The quantitative estimate of drug-likeness (QED) is 0.889. The second-order valence-corrected chi connectivity index (χ2v) is 5.15. The lowest BCUT2D eigenvalue weighted by atomic mass is 10.0. The number of amides is 1. The normalized spacial score (nSPS) is 10.2. The van der Waals surface area contributed by atoms with Crippen molar-refractivity contribution in [3.63, 3.8) is 0 Å². The van der Waals surface area contributed by atoms with E-state index >= 15 is 0 Å². The van der Waals surface area contributed by atoms with E-state index in [0.29, 0.717) is 10.8 Å². The van der Waals surface area contributed by atoms with E-state index in [1.54, 1.807) is 19.2 Å². The average molecular weight is 305 g/mol. The molecule has 4 nitrogen and oxygen atoms in total. The Morgan fingerprint density at radius 2 is 1.90 bits per heavy atom. The van der Waals surface area contributed by atoms with Crippen LogP contribution < -0.4 is 15.8 Å². The van der Waals surface area contributed by atoms with Crippen molar-refractivity contribution in [2.24, 2.45) is 5.73 Å². The van der Waals surface area contributed by atoms with Crippen LogP contribution in [-0.4, -0.2) is 13.0 Å². The number of halogens is 1. The number of anilines is 2. The van der Waals surface area contributed by atoms with Crippen molar-refractivity contribution in [1.82, 2.24) is 0 Å². The fourth-order valence-corrected chi connectivity index (χ4v) is 2.26. The average Bonchev–Trinajstić information content (AvgIpc) is 2.44. The Morgan fingerprint density at radius 1 is 1.24 bits per heavy atom. The van der Waals surface area contributed by atoms with E-state index < -0.39 is 5.91 Å². The summed E-state index contributed by atoms with van der Waals surface area (Å²) in [5, 5.41) is 3.97. The van der Waals surface area contributed by atoms with Gasteiger partial charge < -0.3 is 15.8 Å². The summed E-state index contributed by atoms with van der Waals surface area (Å²) in [7, 11) is 1.57. The van der Waals surface area contributed by atoms with E-state index in [0.717, 1.165) is 22.5 Å². The molecule has 0 aromatic heterocycles. The molecule has 2 aromatic rings. The predicted octanol–water partition coefficient (Wildman–Crippen LogP) is 3.43. The van der Waals surface area contributed by atoms with Crippen LogP contribution in [-0.2, 0) is 11.2 Å². The van der Waals surface area contributed by atoms with Crippen LogP contribution in [0.3, 0.4) is 0 Å². The van der Waals surface area contributed by atoms with Gasteiger partial charge in [-0.1, -0.05) is 17.7 Å². The number of nitrogens with one attached hydrogen (secondary N) is 1. The van der Waals surface area contributed by atoms with Gasteiger partial charge in [0.15, 0.2) is 0 Å². The zero-order chi connectivity index (χ0) is 15.4. The van der Waals surface area contributed by atoms with Gasteiger partial charge in [-0.25, -0.2) is 0 Å². The molecule has 3 N–H and O–H groups in total. The highest BCUT2D eigenvalue weighted by Crippen LogP contribution is 2.32. The maximum absolute atomic E-state index is 11.3. The second-order valence-electron chi connectivity index (χ2n) is 4.71. The highest BCUT2D eigenvalue weighted by atomic mass is 35.5. The van der Waals surface area contributed by atoms with Gasteiger partial charge in [-0.05, 0) is 42.8 Å². The number of aryl methyl sites for hydroxylation is 1. The van der Waals surface area contributed by atoms with Gasteiger partial charge >= 0.3 is 0 Å². The molecular weight excluding hydrogens is 288 g/mol. The highest BCUT2D eigenvalue weighted by Gasteiger charge is 2.14. The Morgan fingerprint density at radius 3 is 2.48 bits per heavy atom. The highest BCUT2D eigenvalue weighted by molar-refractivity contribution is 6.30. The van der Waals surface area contributed by atoms with Gasteiger partial charge in [0, 0.05) is 22.0 Å². The first-order valence-electron chi connectivity index (χ1n) is 6.48. The summed E-state index contributed by atoms with van der Waals surface area (Å²) in [5.74, 6) is 0.230.